The molecule has 36 heavy (non-hydrogen) atoms. The lowest BCUT2D eigenvalue weighted by Crippen LogP contribution is -2.43. The number of rotatable bonds is 6. The lowest BCUT2D eigenvalue weighted by molar-refractivity contribution is -0.136. The first-order valence-electron chi connectivity index (χ1n) is 11.8. The molecule has 0 aromatic carbocycles. The molecule has 2 saturated heterocycles. The zero-order valence-electron chi connectivity index (χ0n) is 19.9. The van der Waals surface area contributed by atoms with E-state index in [0.29, 0.717) is 42.9 Å². The molecule has 3 aromatic heterocycles. The quantitative estimate of drug-likeness (QED) is 0.498. The maximum Gasteiger partial charge on any atom is 0.235 e. The van der Waals surface area contributed by atoms with Crippen molar-refractivity contribution in [2.75, 3.05) is 33.3 Å². The Bertz CT molecular complexity index is 1460. The Kier molecular flexibility index (Phi) is 6.27. The predicted octanol–water partition coefficient (Wildman–Crippen LogP) is 2.04. The molecule has 2 aliphatic rings. The van der Waals surface area contributed by atoms with E-state index in [4.69, 9.17) is 4.74 Å². The molecular formula is C24H27N7O4S. The van der Waals surface area contributed by atoms with Crippen LogP contribution in [0.1, 0.15) is 30.9 Å². The summed E-state index contributed by atoms with van der Waals surface area (Å²) in [7, 11) is -1.93. The van der Waals surface area contributed by atoms with Crippen LogP contribution in [0.2, 0.25) is 0 Å². The third kappa shape index (κ3) is 4.25. The molecule has 11 nitrogen and oxygen atoms in total. The molecule has 5 heterocycles. The summed E-state index contributed by atoms with van der Waals surface area (Å²) in [6.07, 6.45) is 9.20. The fourth-order valence-electron chi connectivity index (χ4n) is 5.04. The Balaban J connectivity index is 1.25. The van der Waals surface area contributed by atoms with Crippen molar-refractivity contribution in [3.8, 4) is 22.9 Å². The van der Waals surface area contributed by atoms with E-state index < -0.39 is 10.0 Å². The van der Waals surface area contributed by atoms with Gasteiger partial charge >= 0.3 is 0 Å². The number of amides is 1. The van der Waals surface area contributed by atoms with Crippen LogP contribution < -0.4 is 4.74 Å². The number of piperidine rings is 1. The first kappa shape index (κ1) is 24.0. The van der Waals surface area contributed by atoms with E-state index in [1.807, 2.05) is 28.0 Å². The second kappa shape index (κ2) is 9.40. The molecule has 0 unspecified atom stereocenters. The van der Waals surface area contributed by atoms with Crippen LogP contribution in [0.5, 0.6) is 5.75 Å². The summed E-state index contributed by atoms with van der Waals surface area (Å²) in [5, 5.41) is 19.1. The number of nitriles is 1. The fraction of sp³-hybridized carbons (Fsp3) is 0.417. The molecule has 5 rings (SSSR count). The minimum atomic E-state index is -3.49. The lowest BCUT2D eigenvalue weighted by Gasteiger charge is -2.33. The molecule has 2 aliphatic heterocycles. The number of fused-ring (bicyclic) bond motifs is 1. The second-order valence-corrected chi connectivity index (χ2v) is 11.0. The zero-order valence-corrected chi connectivity index (χ0v) is 20.8. The van der Waals surface area contributed by atoms with Gasteiger partial charge < -0.3 is 9.64 Å². The van der Waals surface area contributed by atoms with Crippen LogP contribution in [0, 0.1) is 17.2 Å². The van der Waals surface area contributed by atoms with Crippen LogP contribution in [0.15, 0.2) is 42.8 Å². The number of carbonyl (C=O) groups excluding carboxylic acids is 1. The molecule has 0 spiro atoms. The summed E-state index contributed by atoms with van der Waals surface area (Å²) in [4.78, 5) is 14.8. The van der Waals surface area contributed by atoms with Gasteiger partial charge in [-0.15, -0.1) is 0 Å². The van der Waals surface area contributed by atoms with Gasteiger partial charge in [-0.25, -0.2) is 12.9 Å². The molecule has 188 valence electrons. The van der Waals surface area contributed by atoms with Crippen LogP contribution in [-0.4, -0.2) is 76.2 Å². The van der Waals surface area contributed by atoms with Crippen molar-refractivity contribution in [1.82, 2.24) is 28.6 Å². The van der Waals surface area contributed by atoms with E-state index in [-0.39, 0.29) is 24.4 Å². The predicted molar refractivity (Wildman–Crippen MR) is 131 cm³/mol. The van der Waals surface area contributed by atoms with Crippen LogP contribution in [-0.2, 0) is 14.8 Å². The van der Waals surface area contributed by atoms with Gasteiger partial charge in [-0.05, 0) is 25.3 Å². The van der Waals surface area contributed by atoms with Crippen molar-refractivity contribution < 1.29 is 17.9 Å². The van der Waals surface area contributed by atoms with E-state index in [1.165, 1.54) is 10.5 Å². The van der Waals surface area contributed by atoms with E-state index in [0.717, 1.165) is 29.4 Å². The molecular weight excluding hydrogens is 482 g/mol. The van der Waals surface area contributed by atoms with Gasteiger partial charge in [0.1, 0.15) is 22.9 Å². The van der Waals surface area contributed by atoms with Gasteiger partial charge in [-0.3, -0.25) is 9.48 Å². The Labute approximate surface area is 209 Å². The normalized spacial score (nSPS) is 19.4. The van der Waals surface area contributed by atoms with Crippen molar-refractivity contribution in [3.05, 3.63) is 48.4 Å². The summed E-state index contributed by atoms with van der Waals surface area (Å²) in [6.45, 7) is 5.14. The highest BCUT2D eigenvalue weighted by Crippen LogP contribution is 2.31. The number of ether oxygens (including phenoxy) is 1. The average molecular weight is 510 g/mol. The van der Waals surface area contributed by atoms with Crippen molar-refractivity contribution in [2.24, 2.45) is 5.92 Å². The maximum atomic E-state index is 13.0. The van der Waals surface area contributed by atoms with Gasteiger partial charge in [0, 0.05) is 55.1 Å². The Morgan fingerprint density at radius 1 is 1.17 bits per heavy atom. The molecule has 0 aliphatic carbocycles. The number of hydrogen-bond donors (Lipinski definition) is 0. The summed E-state index contributed by atoms with van der Waals surface area (Å²) >= 11 is 0. The van der Waals surface area contributed by atoms with Gasteiger partial charge in [0.2, 0.25) is 15.9 Å². The summed E-state index contributed by atoms with van der Waals surface area (Å²) in [5.41, 5.74) is 2.84. The highest BCUT2D eigenvalue weighted by atomic mass is 32.2. The van der Waals surface area contributed by atoms with E-state index in [2.05, 4.69) is 22.8 Å². The van der Waals surface area contributed by atoms with Crippen LogP contribution in [0.25, 0.3) is 16.6 Å². The molecule has 0 bridgehead atoms. The minimum absolute atomic E-state index is 0.0210. The number of hydrogen-bond acceptors (Lipinski definition) is 7. The van der Waals surface area contributed by atoms with Crippen molar-refractivity contribution in [1.29, 1.82) is 5.26 Å². The topological polar surface area (TPSA) is 126 Å². The third-order valence-corrected chi connectivity index (χ3v) is 8.55. The lowest BCUT2D eigenvalue weighted by atomic mass is 10.0. The number of nitrogens with zero attached hydrogens (tertiary/aromatic N) is 7. The molecule has 1 atom stereocenters. The molecule has 0 radical (unpaired) electrons. The smallest absolute Gasteiger partial charge is 0.235 e. The van der Waals surface area contributed by atoms with Gasteiger partial charge in [0.25, 0.3) is 0 Å². The van der Waals surface area contributed by atoms with Crippen molar-refractivity contribution in [3.63, 3.8) is 0 Å². The summed E-state index contributed by atoms with van der Waals surface area (Å²) < 4.78 is 34.4. The molecule has 2 fully saturated rings. The van der Waals surface area contributed by atoms with Crippen LogP contribution in [0.4, 0.5) is 0 Å². The maximum absolute atomic E-state index is 13.0. The molecule has 0 N–H and O–H groups in total. The Morgan fingerprint density at radius 2 is 1.94 bits per heavy atom. The van der Waals surface area contributed by atoms with Crippen LogP contribution >= 0.6 is 0 Å². The SMILES string of the molecule is C=CS(=O)(=O)N1CC[C@@H](C(=O)N2CCC(n3cc(-c4cc(OC)c5c(C#N)cnn5c4)cn3)CC2)C1. The number of pyridine rings is 1. The number of carbonyl (C=O) groups is 1. The minimum Gasteiger partial charge on any atom is -0.494 e. The van der Waals surface area contributed by atoms with Crippen molar-refractivity contribution in [2.45, 2.75) is 25.3 Å². The number of methoxy groups -OCH3 is 1. The first-order valence-corrected chi connectivity index (χ1v) is 13.3. The first-order chi connectivity index (χ1) is 17.3. The standard InChI is InChI=1S/C24H27N7O4S/c1-3-36(33,34)29-9-4-17(14-29)24(32)28-7-5-21(6-8-28)30-16-20(13-26-30)18-10-22(35-2)23-19(11-25)12-27-31(23)15-18/h3,10,12-13,15-17,21H,1,4-9,14H2,2H3/t17-/m1/s1. The fourth-order valence-corrected chi connectivity index (χ4v) is 6.00. The zero-order chi connectivity index (χ0) is 25.4. The van der Waals surface area contributed by atoms with Gasteiger partial charge in [-0.2, -0.15) is 19.8 Å². The van der Waals surface area contributed by atoms with Gasteiger partial charge in [-0.1, -0.05) is 6.58 Å². The highest BCUT2D eigenvalue weighted by molar-refractivity contribution is 7.92. The van der Waals surface area contributed by atoms with Crippen LogP contribution in [0.3, 0.4) is 0 Å². The third-order valence-electron chi connectivity index (χ3n) is 7.07. The van der Waals surface area contributed by atoms with E-state index in [9.17, 15) is 18.5 Å². The monoisotopic (exact) mass is 509 g/mol. The van der Waals surface area contributed by atoms with E-state index >= 15 is 0 Å². The number of aromatic nitrogens is 4. The number of likely N-dealkylation sites (tertiary alicyclic amines) is 1. The van der Waals surface area contributed by atoms with Gasteiger partial charge in [0.05, 0.1) is 31.5 Å². The van der Waals surface area contributed by atoms with E-state index in [1.54, 1.807) is 17.8 Å². The molecule has 0 saturated carbocycles. The molecule has 12 heteroatoms. The summed E-state index contributed by atoms with van der Waals surface area (Å²) in [5.74, 6) is 0.279. The molecule has 3 aromatic rings. The molecule has 1 amide bonds. The Hall–Kier alpha value is -3.69. The summed E-state index contributed by atoms with van der Waals surface area (Å²) in [6, 6.07) is 4.16. The van der Waals surface area contributed by atoms with Crippen molar-refractivity contribution >= 4 is 21.4 Å². The highest BCUT2D eigenvalue weighted by Gasteiger charge is 2.37. The second-order valence-electron chi connectivity index (χ2n) is 9.08. The average Bonchev–Trinajstić information content (AvgIpc) is 3.67. The number of sulfonamides is 1. The largest absolute Gasteiger partial charge is 0.494 e. The van der Waals surface area contributed by atoms with Gasteiger partial charge in [0.15, 0.2) is 0 Å². The Morgan fingerprint density at radius 3 is 2.64 bits per heavy atom.